The fourth-order valence-corrected chi connectivity index (χ4v) is 2.77. The van der Waals surface area contributed by atoms with Crippen LogP contribution < -0.4 is 5.32 Å². The second-order valence-corrected chi connectivity index (χ2v) is 4.96. The number of ketones is 2. The third-order valence-electron chi connectivity index (χ3n) is 2.49. The predicted octanol–water partition coefficient (Wildman–Crippen LogP) is 1.08. The lowest BCUT2D eigenvalue weighted by Crippen LogP contribution is -2.24. The predicted molar refractivity (Wildman–Crippen MR) is 61.4 cm³/mol. The van der Waals surface area contributed by atoms with E-state index in [4.69, 9.17) is 0 Å². The van der Waals surface area contributed by atoms with Crippen LogP contribution in [0.1, 0.15) is 26.2 Å². The Hall–Kier alpha value is -1.07. The molecule has 1 atom stereocenters. The van der Waals surface area contributed by atoms with Gasteiger partial charge in [-0.2, -0.15) is 0 Å². The first kappa shape index (κ1) is 11.4. The summed E-state index contributed by atoms with van der Waals surface area (Å²) < 4.78 is 0. The molecule has 0 aromatic heterocycles. The zero-order chi connectivity index (χ0) is 11.7. The lowest BCUT2D eigenvalue weighted by Gasteiger charge is -2.14. The highest BCUT2D eigenvalue weighted by molar-refractivity contribution is 8.03. The van der Waals surface area contributed by atoms with E-state index in [0.29, 0.717) is 17.7 Å². The Labute approximate surface area is 97.8 Å². The molecule has 1 unspecified atom stereocenters. The van der Waals surface area contributed by atoms with E-state index in [1.165, 1.54) is 17.8 Å². The van der Waals surface area contributed by atoms with Crippen LogP contribution in [0.15, 0.2) is 22.3 Å². The topological polar surface area (TPSA) is 66.4 Å². The minimum atomic E-state index is -0.742. The molecule has 0 saturated carbocycles. The molecule has 2 rings (SSSR count). The average Bonchev–Trinajstić information content (AvgIpc) is 2.57. The van der Waals surface area contributed by atoms with Crippen molar-refractivity contribution in [1.82, 2.24) is 5.32 Å². The molecule has 1 aliphatic carbocycles. The molecule has 0 radical (unpaired) electrons. The fourth-order valence-electron chi connectivity index (χ4n) is 1.81. The Morgan fingerprint density at radius 2 is 2.44 bits per heavy atom. The molecule has 4 nitrogen and oxygen atoms in total. The van der Waals surface area contributed by atoms with E-state index in [-0.39, 0.29) is 18.0 Å². The maximum Gasteiger partial charge on any atom is 0.177 e. The summed E-state index contributed by atoms with van der Waals surface area (Å²) in [4.78, 5) is 24.0. The standard InChI is InChI=1S/C11H13NO3S/c1-2-3-8(14)7-4-6(13)5-9-10(7)12-11(15)16-9/h4,11-12,15H,2-3,5H2,1H3. The number of thioether (sulfide) groups is 1. The number of carbonyl (C=O) groups excluding carboxylic acids is 2. The first-order valence-electron chi connectivity index (χ1n) is 5.24. The van der Waals surface area contributed by atoms with Crippen molar-refractivity contribution in [2.45, 2.75) is 31.7 Å². The van der Waals surface area contributed by atoms with Crippen molar-refractivity contribution < 1.29 is 14.7 Å². The molecule has 2 aliphatic rings. The van der Waals surface area contributed by atoms with Crippen molar-refractivity contribution in [3.8, 4) is 0 Å². The number of aliphatic hydroxyl groups is 1. The van der Waals surface area contributed by atoms with Crippen LogP contribution in [0.2, 0.25) is 0 Å². The Bertz CT molecular complexity index is 411. The molecule has 16 heavy (non-hydrogen) atoms. The van der Waals surface area contributed by atoms with Crippen LogP contribution in [-0.2, 0) is 9.59 Å². The van der Waals surface area contributed by atoms with Crippen LogP contribution in [0.5, 0.6) is 0 Å². The fraction of sp³-hybridized carbons (Fsp3) is 0.455. The van der Waals surface area contributed by atoms with Gasteiger partial charge in [0.15, 0.2) is 17.1 Å². The third kappa shape index (κ3) is 2.05. The molecular formula is C11H13NO3S. The summed E-state index contributed by atoms with van der Waals surface area (Å²) in [5.41, 5.74) is 0.335. The SMILES string of the molecule is CCCC(=O)C1=CC(=O)CC2=C1NC(O)S2. The molecule has 1 heterocycles. The van der Waals surface area contributed by atoms with E-state index in [0.717, 1.165) is 11.3 Å². The zero-order valence-electron chi connectivity index (χ0n) is 8.95. The zero-order valence-corrected chi connectivity index (χ0v) is 9.76. The molecule has 0 fully saturated rings. The van der Waals surface area contributed by atoms with Crippen molar-refractivity contribution in [2.75, 3.05) is 0 Å². The number of rotatable bonds is 3. The Balaban J connectivity index is 2.28. The van der Waals surface area contributed by atoms with E-state index in [1.807, 2.05) is 6.92 Å². The van der Waals surface area contributed by atoms with Gasteiger partial charge in [0.1, 0.15) is 0 Å². The van der Waals surface area contributed by atoms with Gasteiger partial charge in [0, 0.05) is 23.3 Å². The summed E-state index contributed by atoms with van der Waals surface area (Å²) in [5, 5.41) is 12.3. The Kier molecular flexibility index (Phi) is 3.16. The molecule has 0 aromatic carbocycles. The summed E-state index contributed by atoms with van der Waals surface area (Å²) in [6, 6.07) is 0. The van der Waals surface area contributed by atoms with Gasteiger partial charge in [0.2, 0.25) is 0 Å². The quantitative estimate of drug-likeness (QED) is 0.771. The summed E-state index contributed by atoms with van der Waals surface area (Å²) in [5.74, 6) is -0.105. The van der Waals surface area contributed by atoms with Crippen LogP contribution in [0.25, 0.3) is 0 Å². The second-order valence-electron chi connectivity index (χ2n) is 3.79. The van der Waals surface area contributed by atoms with Crippen molar-refractivity contribution >= 4 is 23.3 Å². The van der Waals surface area contributed by atoms with Crippen molar-refractivity contribution in [3.05, 3.63) is 22.3 Å². The number of allylic oxidation sites excluding steroid dienone is 3. The lowest BCUT2D eigenvalue weighted by molar-refractivity contribution is -0.117. The largest absolute Gasteiger partial charge is 0.364 e. The minimum Gasteiger partial charge on any atom is -0.364 e. The van der Waals surface area contributed by atoms with Gasteiger partial charge in [-0.15, -0.1) is 0 Å². The molecule has 0 amide bonds. The van der Waals surface area contributed by atoms with Gasteiger partial charge in [-0.1, -0.05) is 18.7 Å². The maximum atomic E-state index is 11.8. The monoisotopic (exact) mass is 239 g/mol. The highest BCUT2D eigenvalue weighted by atomic mass is 32.2. The number of hydrogen-bond donors (Lipinski definition) is 2. The van der Waals surface area contributed by atoms with E-state index in [2.05, 4.69) is 5.32 Å². The van der Waals surface area contributed by atoms with Gasteiger partial charge in [0.25, 0.3) is 0 Å². The molecule has 5 heteroatoms. The Morgan fingerprint density at radius 3 is 3.12 bits per heavy atom. The molecule has 0 saturated heterocycles. The van der Waals surface area contributed by atoms with Crippen molar-refractivity contribution in [1.29, 1.82) is 0 Å². The molecular weight excluding hydrogens is 226 g/mol. The van der Waals surface area contributed by atoms with Gasteiger partial charge in [-0.05, 0) is 12.5 Å². The van der Waals surface area contributed by atoms with Crippen LogP contribution in [0.3, 0.4) is 0 Å². The third-order valence-corrected chi connectivity index (χ3v) is 3.46. The first-order chi connectivity index (χ1) is 7.61. The number of nitrogens with one attached hydrogen (secondary N) is 1. The van der Waals surface area contributed by atoms with E-state index >= 15 is 0 Å². The van der Waals surface area contributed by atoms with Crippen LogP contribution in [-0.4, -0.2) is 22.2 Å². The molecule has 0 aromatic rings. The van der Waals surface area contributed by atoms with Crippen LogP contribution in [0, 0.1) is 0 Å². The maximum absolute atomic E-state index is 11.8. The molecule has 86 valence electrons. The number of carbonyl (C=O) groups is 2. The van der Waals surface area contributed by atoms with Gasteiger partial charge >= 0.3 is 0 Å². The molecule has 2 N–H and O–H groups in total. The number of aliphatic hydroxyl groups excluding tert-OH is 1. The molecule has 0 bridgehead atoms. The van der Waals surface area contributed by atoms with Crippen LogP contribution >= 0.6 is 11.8 Å². The summed E-state index contributed by atoms with van der Waals surface area (Å²) in [6.07, 6.45) is 2.86. The average molecular weight is 239 g/mol. The van der Waals surface area contributed by atoms with Crippen LogP contribution in [0.4, 0.5) is 0 Å². The van der Waals surface area contributed by atoms with E-state index in [1.54, 1.807) is 0 Å². The minimum absolute atomic E-state index is 0.0368. The van der Waals surface area contributed by atoms with Crippen molar-refractivity contribution in [3.63, 3.8) is 0 Å². The van der Waals surface area contributed by atoms with Gasteiger partial charge in [-0.25, -0.2) is 0 Å². The van der Waals surface area contributed by atoms with Gasteiger partial charge in [-0.3, -0.25) is 9.59 Å². The van der Waals surface area contributed by atoms with E-state index < -0.39 is 5.56 Å². The Morgan fingerprint density at radius 1 is 1.69 bits per heavy atom. The van der Waals surface area contributed by atoms with Crippen molar-refractivity contribution in [2.24, 2.45) is 0 Å². The van der Waals surface area contributed by atoms with Gasteiger partial charge < -0.3 is 10.4 Å². The number of Topliss-reactive ketones (excluding diaryl/α,β-unsaturated/α-hetero) is 1. The molecule has 1 aliphatic heterocycles. The molecule has 0 spiro atoms. The number of hydrogen-bond acceptors (Lipinski definition) is 5. The van der Waals surface area contributed by atoms with Gasteiger partial charge in [0.05, 0.1) is 5.70 Å². The second kappa shape index (κ2) is 4.43. The highest BCUT2D eigenvalue weighted by Gasteiger charge is 2.31. The smallest absolute Gasteiger partial charge is 0.177 e. The first-order valence-corrected chi connectivity index (χ1v) is 6.12. The normalized spacial score (nSPS) is 24.0. The highest BCUT2D eigenvalue weighted by Crippen LogP contribution is 2.38. The lowest BCUT2D eigenvalue weighted by atomic mass is 9.96. The summed E-state index contributed by atoms with van der Waals surface area (Å²) >= 11 is 1.20. The van der Waals surface area contributed by atoms with E-state index in [9.17, 15) is 14.7 Å². The summed E-state index contributed by atoms with van der Waals surface area (Å²) in [6.45, 7) is 1.92. The summed E-state index contributed by atoms with van der Waals surface area (Å²) in [7, 11) is 0.